The van der Waals surface area contributed by atoms with Crippen molar-refractivity contribution in [2.45, 2.75) is 18.9 Å². The molecule has 0 radical (unpaired) electrons. The van der Waals surface area contributed by atoms with E-state index in [2.05, 4.69) is 30.8 Å². The summed E-state index contributed by atoms with van der Waals surface area (Å²) in [6.07, 6.45) is 0.560. The van der Waals surface area contributed by atoms with Gasteiger partial charge in [0.05, 0.1) is 0 Å². The summed E-state index contributed by atoms with van der Waals surface area (Å²) in [6, 6.07) is 14.3. The quantitative estimate of drug-likeness (QED) is 0.561. The molecule has 1 atom stereocenters. The van der Waals surface area contributed by atoms with E-state index in [-0.39, 0.29) is 5.97 Å². The minimum atomic E-state index is -0.571. The fourth-order valence-corrected chi connectivity index (χ4v) is 2.47. The number of hydrogen-bond acceptors (Lipinski definition) is 2. The summed E-state index contributed by atoms with van der Waals surface area (Å²) in [5, 5.41) is 2.35. The molecule has 2 aromatic carbocycles. The van der Waals surface area contributed by atoms with Crippen molar-refractivity contribution in [3.05, 3.63) is 60.2 Å². The molecule has 1 fully saturated rings. The first kappa shape index (κ1) is 11.0. The maximum Gasteiger partial charge on any atom is 0.334 e. The highest BCUT2D eigenvalue weighted by Gasteiger charge is 2.40. The summed E-state index contributed by atoms with van der Waals surface area (Å²) in [6.45, 7) is 5.68. The van der Waals surface area contributed by atoms with Crippen LogP contribution in [-0.4, -0.2) is 5.97 Å². The number of cyclic esters (lactones) is 1. The third kappa shape index (κ3) is 1.61. The second kappa shape index (κ2) is 3.70. The van der Waals surface area contributed by atoms with Gasteiger partial charge in [-0.3, -0.25) is 0 Å². The Bertz CT molecular complexity index is 639. The molecule has 3 rings (SSSR count). The average Bonchev–Trinajstić information content (AvgIpc) is 2.64. The highest BCUT2D eigenvalue weighted by Crippen LogP contribution is 2.39. The van der Waals surface area contributed by atoms with Crippen LogP contribution in [0.4, 0.5) is 0 Å². The number of carbonyl (C=O) groups excluding carboxylic acids is 1. The molecule has 1 aliphatic rings. The number of esters is 1. The van der Waals surface area contributed by atoms with Gasteiger partial charge in [0.25, 0.3) is 0 Å². The molecule has 0 aliphatic carbocycles. The van der Waals surface area contributed by atoms with Crippen LogP contribution in [0, 0.1) is 0 Å². The van der Waals surface area contributed by atoms with Crippen LogP contribution >= 0.6 is 0 Å². The van der Waals surface area contributed by atoms with Gasteiger partial charge in [-0.25, -0.2) is 4.79 Å². The molecule has 0 aromatic heterocycles. The predicted molar refractivity (Wildman–Crippen MR) is 71.1 cm³/mol. The molecule has 90 valence electrons. The molecule has 1 saturated heterocycles. The second-order valence-corrected chi connectivity index (χ2v) is 4.96. The Balaban J connectivity index is 2.10. The summed E-state index contributed by atoms with van der Waals surface area (Å²) >= 11 is 0. The van der Waals surface area contributed by atoms with Crippen molar-refractivity contribution in [3.8, 4) is 0 Å². The molecular weight excluding hydrogens is 224 g/mol. The molecule has 0 N–H and O–H groups in total. The zero-order valence-corrected chi connectivity index (χ0v) is 10.3. The molecule has 0 spiro atoms. The second-order valence-electron chi connectivity index (χ2n) is 4.96. The summed E-state index contributed by atoms with van der Waals surface area (Å²) in [7, 11) is 0. The molecule has 0 amide bonds. The Morgan fingerprint density at radius 1 is 1.17 bits per heavy atom. The van der Waals surface area contributed by atoms with Gasteiger partial charge in [0.15, 0.2) is 0 Å². The van der Waals surface area contributed by atoms with E-state index in [0.29, 0.717) is 12.0 Å². The van der Waals surface area contributed by atoms with E-state index >= 15 is 0 Å². The fraction of sp³-hybridized carbons (Fsp3) is 0.188. The lowest BCUT2D eigenvalue weighted by molar-refractivity contribution is -0.145. The van der Waals surface area contributed by atoms with Gasteiger partial charge in [0.1, 0.15) is 5.60 Å². The van der Waals surface area contributed by atoms with Gasteiger partial charge in [0, 0.05) is 12.0 Å². The Kier molecular flexibility index (Phi) is 2.27. The summed E-state index contributed by atoms with van der Waals surface area (Å²) in [4.78, 5) is 11.5. The number of fused-ring (bicyclic) bond motifs is 1. The van der Waals surface area contributed by atoms with Crippen molar-refractivity contribution < 1.29 is 9.53 Å². The standard InChI is InChI=1S/C16H14O2/c1-11-10-16(2,18-15(11)17)14-8-7-12-5-3-4-6-13(12)9-14/h3-9H,1,10H2,2H3. The average molecular weight is 238 g/mol. The minimum absolute atomic E-state index is 0.286. The Morgan fingerprint density at radius 2 is 1.89 bits per heavy atom. The van der Waals surface area contributed by atoms with E-state index < -0.39 is 5.60 Å². The zero-order valence-electron chi connectivity index (χ0n) is 10.3. The summed E-state index contributed by atoms with van der Waals surface area (Å²) in [5.41, 5.74) is 0.997. The molecule has 18 heavy (non-hydrogen) atoms. The molecule has 0 bridgehead atoms. The number of benzene rings is 2. The molecular formula is C16H14O2. The van der Waals surface area contributed by atoms with Gasteiger partial charge in [-0.2, -0.15) is 0 Å². The smallest absolute Gasteiger partial charge is 0.334 e. The highest BCUT2D eigenvalue weighted by atomic mass is 16.6. The summed E-state index contributed by atoms with van der Waals surface area (Å²) < 4.78 is 5.46. The third-order valence-corrected chi connectivity index (χ3v) is 3.52. The van der Waals surface area contributed by atoms with E-state index in [1.54, 1.807) is 0 Å². The third-order valence-electron chi connectivity index (χ3n) is 3.52. The normalized spacial score (nSPS) is 23.4. The zero-order chi connectivity index (χ0) is 12.8. The van der Waals surface area contributed by atoms with Crippen LogP contribution in [0.25, 0.3) is 10.8 Å². The molecule has 2 aromatic rings. The maximum atomic E-state index is 11.5. The van der Waals surface area contributed by atoms with Gasteiger partial charge < -0.3 is 4.74 Å². The first-order chi connectivity index (χ1) is 8.58. The Labute approximate surface area is 106 Å². The molecule has 1 heterocycles. The van der Waals surface area contributed by atoms with E-state index in [1.807, 2.05) is 25.1 Å². The number of rotatable bonds is 1. The maximum absolute atomic E-state index is 11.5. The van der Waals surface area contributed by atoms with Crippen LogP contribution in [-0.2, 0) is 15.1 Å². The minimum Gasteiger partial charge on any atom is -0.451 e. The van der Waals surface area contributed by atoms with Crippen LogP contribution in [0.2, 0.25) is 0 Å². The monoisotopic (exact) mass is 238 g/mol. The lowest BCUT2D eigenvalue weighted by Gasteiger charge is -2.23. The van der Waals surface area contributed by atoms with Gasteiger partial charge in [-0.15, -0.1) is 0 Å². The number of hydrogen-bond donors (Lipinski definition) is 0. The van der Waals surface area contributed by atoms with E-state index in [1.165, 1.54) is 5.39 Å². The lowest BCUT2D eigenvalue weighted by atomic mass is 9.90. The van der Waals surface area contributed by atoms with E-state index in [0.717, 1.165) is 10.9 Å². The van der Waals surface area contributed by atoms with Crippen molar-refractivity contribution in [2.75, 3.05) is 0 Å². The molecule has 2 nitrogen and oxygen atoms in total. The summed E-state index contributed by atoms with van der Waals surface area (Å²) in [5.74, 6) is -0.286. The van der Waals surface area contributed by atoms with Gasteiger partial charge >= 0.3 is 5.97 Å². The van der Waals surface area contributed by atoms with E-state index in [4.69, 9.17) is 4.74 Å². The number of ether oxygens (including phenoxy) is 1. The Hall–Kier alpha value is -2.09. The van der Waals surface area contributed by atoms with Crippen molar-refractivity contribution in [1.82, 2.24) is 0 Å². The van der Waals surface area contributed by atoms with Crippen molar-refractivity contribution in [3.63, 3.8) is 0 Å². The van der Waals surface area contributed by atoms with Crippen LogP contribution in [0.3, 0.4) is 0 Å². The Morgan fingerprint density at radius 3 is 2.56 bits per heavy atom. The molecule has 1 aliphatic heterocycles. The fourth-order valence-electron chi connectivity index (χ4n) is 2.47. The van der Waals surface area contributed by atoms with Gasteiger partial charge in [-0.05, 0) is 29.3 Å². The number of carbonyl (C=O) groups is 1. The van der Waals surface area contributed by atoms with E-state index in [9.17, 15) is 4.79 Å². The topological polar surface area (TPSA) is 26.3 Å². The van der Waals surface area contributed by atoms with Crippen molar-refractivity contribution in [1.29, 1.82) is 0 Å². The SMILES string of the molecule is C=C1CC(C)(c2ccc3ccccc3c2)OC1=O. The first-order valence-electron chi connectivity index (χ1n) is 5.99. The van der Waals surface area contributed by atoms with Gasteiger partial charge in [0.2, 0.25) is 0 Å². The van der Waals surface area contributed by atoms with Crippen LogP contribution in [0.5, 0.6) is 0 Å². The lowest BCUT2D eigenvalue weighted by Crippen LogP contribution is -2.20. The van der Waals surface area contributed by atoms with Crippen molar-refractivity contribution in [2.24, 2.45) is 0 Å². The highest BCUT2D eigenvalue weighted by molar-refractivity contribution is 5.91. The van der Waals surface area contributed by atoms with Crippen LogP contribution < -0.4 is 0 Å². The largest absolute Gasteiger partial charge is 0.451 e. The van der Waals surface area contributed by atoms with Gasteiger partial charge in [-0.1, -0.05) is 43.0 Å². The predicted octanol–water partition coefficient (Wildman–Crippen LogP) is 3.56. The first-order valence-corrected chi connectivity index (χ1v) is 5.99. The van der Waals surface area contributed by atoms with Crippen LogP contribution in [0.1, 0.15) is 18.9 Å². The molecule has 2 heteroatoms. The molecule has 1 unspecified atom stereocenters. The van der Waals surface area contributed by atoms with Crippen molar-refractivity contribution >= 4 is 16.7 Å². The van der Waals surface area contributed by atoms with Crippen LogP contribution in [0.15, 0.2) is 54.6 Å². The molecule has 0 saturated carbocycles.